The van der Waals surface area contributed by atoms with Crippen molar-refractivity contribution in [3.05, 3.63) is 107 Å². The third-order valence-electron chi connectivity index (χ3n) is 4.81. The van der Waals surface area contributed by atoms with Crippen molar-refractivity contribution in [1.29, 1.82) is 0 Å². The zero-order valence-corrected chi connectivity index (χ0v) is 16.3. The number of carboxylic acids is 1. The standard InChI is InChI=1S/C24H19ClN2O2/c25-20-11-7-18(8-12-20)23-16-22(13-6-17-4-2-1-3-5-17)27(26-23)21-14-9-19(10-15-21)24(28)29/h1-15,22H,16H2,(H,28,29)/b13-6+. The molecule has 4 nitrogen and oxygen atoms in total. The van der Waals surface area contributed by atoms with Crippen molar-refractivity contribution < 1.29 is 9.90 Å². The van der Waals surface area contributed by atoms with Gasteiger partial charge in [0.2, 0.25) is 0 Å². The molecule has 1 unspecified atom stereocenters. The molecular formula is C24H19ClN2O2. The van der Waals surface area contributed by atoms with Gasteiger partial charge in [0.25, 0.3) is 0 Å². The topological polar surface area (TPSA) is 52.9 Å². The van der Waals surface area contributed by atoms with Gasteiger partial charge >= 0.3 is 5.97 Å². The van der Waals surface area contributed by atoms with Crippen LogP contribution in [0.4, 0.5) is 5.69 Å². The Bertz CT molecular complexity index is 1060. The highest BCUT2D eigenvalue weighted by molar-refractivity contribution is 6.30. The number of hydrogen-bond donors (Lipinski definition) is 1. The molecule has 3 aromatic carbocycles. The quantitative estimate of drug-likeness (QED) is 0.592. The lowest BCUT2D eigenvalue weighted by Gasteiger charge is -2.21. The number of carbonyl (C=O) groups is 1. The fourth-order valence-electron chi connectivity index (χ4n) is 3.29. The minimum Gasteiger partial charge on any atom is -0.478 e. The number of benzene rings is 3. The van der Waals surface area contributed by atoms with Crippen LogP contribution >= 0.6 is 11.6 Å². The van der Waals surface area contributed by atoms with E-state index in [4.69, 9.17) is 21.8 Å². The Balaban J connectivity index is 1.66. The van der Waals surface area contributed by atoms with Crippen molar-refractivity contribution in [3.63, 3.8) is 0 Å². The number of nitrogens with zero attached hydrogens (tertiary/aromatic N) is 2. The molecule has 0 saturated carbocycles. The van der Waals surface area contributed by atoms with E-state index in [-0.39, 0.29) is 11.6 Å². The van der Waals surface area contributed by atoms with Gasteiger partial charge in [0.15, 0.2) is 0 Å². The maximum Gasteiger partial charge on any atom is 0.335 e. The Morgan fingerprint density at radius 3 is 2.34 bits per heavy atom. The smallest absolute Gasteiger partial charge is 0.335 e. The summed E-state index contributed by atoms with van der Waals surface area (Å²) in [5.41, 5.74) is 4.21. The third-order valence-corrected chi connectivity index (χ3v) is 5.06. The second-order valence-electron chi connectivity index (χ2n) is 6.79. The van der Waals surface area contributed by atoms with E-state index in [0.29, 0.717) is 5.02 Å². The predicted molar refractivity (Wildman–Crippen MR) is 118 cm³/mol. The summed E-state index contributed by atoms with van der Waals surface area (Å²) in [5.74, 6) is -0.941. The molecule has 1 aliphatic rings. The molecule has 1 heterocycles. The summed E-state index contributed by atoms with van der Waals surface area (Å²) < 4.78 is 0. The second kappa shape index (κ2) is 8.33. The van der Waals surface area contributed by atoms with Crippen LogP contribution in [0.3, 0.4) is 0 Å². The van der Waals surface area contributed by atoms with Crippen molar-refractivity contribution >= 4 is 35.0 Å². The number of aromatic carboxylic acids is 1. The van der Waals surface area contributed by atoms with Crippen LogP contribution in [0, 0.1) is 0 Å². The summed E-state index contributed by atoms with van der Waals surface area (Å²) in [6, 6.07) is 24.6. The van der Waals surface area contributed by atoms with E-state index in [2.05, 4.69) is 24.3 Å². The molecule has 0 amide bonds. The summed E-state index contributed by atoms with van der Waals surface area (Å²) >= 11 is 6.02. The molecule has 0 spiro atoms. The SMILES string of the molecule is O=C(O)c1ccc(N2N=C(c3ccc(Cl)cc3)CC2/C=C/c2ccccc2)cc1. The monoisotopic (exact) mass is 402 g/mol. The average Bonchev–Trinajstić information content (AvgIpc) is 3.18. The molecule has 4 rings (SSSR count). The first-order valence-electron chi connectivity index (χ1n) is 9.29. The van der Waals surface area contributed by atoms with Crippen LogP contribution in [-0.4, -0.2) is 22.8 Å². The zero-order chi connectivity index (χ0) is 20.2. The second-order valence-corrected chi connectivity index (χ2v) is 7.23. The molecule has 5 heteroatoms. The Kier molecular flexibility index (Phi) is 5.45. The summed E-state index contributed by atoms with van der Waals surface area (Å²) in [6.45, 7) is 0. The number of carboxylic acid groups (broad SMARTS) is 1. The Labute approximate surface area is 174 Å². The largest absolute Gasteiger partial charge is 0.478 e. The van der Waals surface area contributed by atoms with Gasteiger partial charge in [-0.05, 0) is 47.5 Å². The molecule has 3 aromatic rings. The van der Waals surface area contributed by atoms with Crippen LogP contribution in [0.25, 0.3) is 6.08 Å². The predicted octanol–water partition coefficient (Wildman–Crippen LogP) is 5.73. The lowest BCUT2D eigenvalue weighted by molar-refractivity contribution is 0.0697. The maximum absolute atomic E-state index is 11.2. The van der Waals surface area contributed by atoms with E-state index in [1.165, 1.54) is 0 Å². The van der Waals surface area contributed by atoms with E-state index in [9.17, 15) is 4.79 Å². The summed E-state index contributed by atoms with van der Waals surface area (Å²) in [5, 5.41) is 16.6. The maximum atomic E-state index is 11.2. The Hall–Kier alpha value is -3.37. The Morgan fingerprint density at radius 2 is 1.69 bits per heavy atom. The molecule has 0 aliphatic carbocycles. The lowest BCUT2D eigenvalue weighted by Crippen LogP contribution is -2.24. The summed E-state index contributed by atoms with van der Waals surface area (Å²) in [7, 11) is 0. The van der Waals surface area contributed by atoms with Crippen molar-refractivity contribution in [2.45, 2.75) is 12.5 Å². The van der Waals surface area contributed by atoms with E-state index >= 15 is 0 Å². The molecule has 0 fully saturated rings. The van der Waals surface area contributed by atoms with Gasteiger partial charge in [0, 0.05) is 11.4 Å². The van der Waals surface area contributed by atoms with E-state index < -0.39 is 5.97 Å². The molecule has 1 N–H and O–H groups in total. The van der Waals surface area contributed by atoms with Gasteiger partial charge in [-0.2, -0.15) is 5.10 Å². The molecule has 0 aromatic heterocycles. The Morgan fingerprint density at radius 1 is 1.00 bits per heavy atom. The van der Waals surface area contributed by atoms with Gasteiger partial charge in [-0.3, -0.25) is 5.01 Å². The first-order valence-corrected chi connectivity index (χ1v) is 9.67. The van der Waals surface area contributed by atoms with Crippen molar-refractivity contribution in [1.82, 2.24) is 0 Å². The third kappa shape index (κ3) is 4.39. The van der Waals surface area contributed by atoms with Crippen LogP contribution in [0.1, 0.15) is 27.9 Å². The first kappa shape index (κ1) is 19.0. The molecule has 0 bridgehead atoms. The normalized spacial score (nSPS) is 16.2. The van der Waals surface area contributed by atoms with Crippen molar-refractivity contribution in [3.8, 4) is 0 Å². The highest BCUT2D eigenvalue weighted by Crippen LogP contribution is 2.29. The molecule has 0 saturated heterocycles. The molecule has 144 valence electrons. The van der Waals surface area contributed by atoms with Crippen LogP contribution in [-0.2, 0) is 0 Å². The van der Waals surface area contributed by atoms with Gasteiger partial charge in [0.05, 0.1) is 23.0 Å². The first-order chi connectivity index (χ1) is 14.1. The zero-order valence-electron chi connectivity index (χ0n) is 15.6. The van der Waals surface area contributed by atoms with Crippen LogP contribution < -0.4 is 5.01 Å². The van der Waals surface area contributed by atoms with Gasteiger partial charge in [-0.15, -0.1) is 0 Å². The molecule has 1 aliphatic heterocycles. The number of rotatable bonds is 5. The molecular weight excluding hydrogens is 384 g/mol. The van der Waals surface area contributed by atoms with Crippen LogP contribution in [0.2, 0.25) is 5.02 Å². The summed E-state index contributed by atoms with van der Waals surface area (Å²) in [6.07, 6.45) is 4.96. The minimum absolute atomic E-state index is 0.0246. The fourth-order valence-corrected chi connectivity index (χ4v) is 3.42. The van der Waals surface area contributed by atoms with Crippen molar-refractivity contribution in [2.24, 2.45) is 5.10 Å². The van der Waals surface area contributed by atoms with E-state index in [1.807, 2.05) is 47.5 Å². The molecule has 29 heavy (non-hydrogen) atoms. The number of anilines is 1. The van der Waals surface area contributed by atoms with Crippen molar-refractivity contribution in [2.75, 3.05) is 5.01 Å². The minimum atomic E-state index is -0.941. The fraction of sp³-hybridized carbons (Fsp3) is 0.0833. The average molecular weight is 403 g/mol. The number of hydrogen-bond acceptors (Lipinski definition) is 3. The highest BCUT2D eigenvalue weighted by Gasteiger charge is 2.26. The molecule has 1 atom stereocenters. The summed E-state index contributed by atoms with van der Waals surface area (Å²) in [4.78, 5) is 11.2. The molecule has 0 radical (unpaired) electrons. The lowest BCUT2D eigenvalue weighted by atomic mass is 10.0. The van der Waals surface area contributed by atoms with Gasteiger partial charge < -0.3 is 5.11 Å². The van der Waals surface area contributed by atoms with Crippen LogP contribution in [0.5, 0.6) is 0 Å². The highest BCUT2D eigenvalue weighted by atomic mass is 35.5. The van der Waals surface area contributed by atoms with Gasteiger partial charge in [-0.1, -0.05) is 66.2 Å². The number of hydrazone groups is 1. The van der Waals surface area contributed by atoms with E-state index in [1.54, 1.807) is 24.3 Å². The van der Waals surface area contributed by atoms with Gasteiger partial charge in [-0.25, -0.2) is 4.79 Å². The van der Waals surface area contributed by atoms with Gasteiger partial charge in [0.1, 0.15) is 0 Å². The van der Waals surface area contributed by atoms with Crippen LogP contribution in [0.15, 0.2) is 90.0 Å². The number of halogens is 1. The van der Waals surface area contributed by atoms with E-state index in [0.717, 1.165) is 28.9 Å².